The van der Waals surface area contributed by atoms with Gasteiger partial charge in [0.25, 0.3) is 11.8 Å². The monoisotopic (exact) mass is 849 g/mol. The topological polar surface area (TPSA) is 230 Å². The molecule has 0 aliphatic carbocycles. The second kappa shape index (κ2) is 18.8. The van der Waals surface area contributed by atoms with Crippen LogP contribution >= 0.6 is 0 Å². The molecular formula is C43H55N13O6. The number of primary amides is 2. The SMILES string of the molecule is CCN(CC)C(=O)COC(CCn1c(=NC(=O)c2cc(C)nn2CC)n(C)c2cc(C(N)=O)ccc21)CCn1c(=NC(=O)c2cc(C)nn2CC)n(C)c2cc(C(N)=O)ccc21. The van der Waals surface area contributed by atoms with Crippen LogP contribution in [0, 0.1) is 13.8 Å². The highest BCUT2D eigenvalue weighted by molar-refractivity contribution is 5.98. The first kappa shape index (κ1) is 44.7. The average Bonchev–Trinajstić information content (AvgIpc) is 3.98. The molecule has 19 nitrogen and oxygen atoms in total. The summed E-state index contributed by atoms with van der Waals surface area (Å²) in [7, 11) is 3.52. The van der Waals surface area contributed by atoms with Gasteiger partial charge in [-0.3, -0.25) is 33.3 Å². The van der Waals surface area contributed by atoms with Crippen LogP contribution in [-0.2, 0) is 49.8 Å². The van der Waals surface area contributed by atoms with Crippen LogP contribution in [0.15, 0.2) is 58.5 Å². The molecular weight excluding hydrogens is 795 g/mol. The van der Waals surface area contributed by atoms with Gasteiger partial charge in [0.05, 0.1) is 39.6 Å². The van der Waals surface area contributed by atoms with E-state index in [0.717, 1.165) is 0 Å². The molecule has 6 aromatic rings. The van der Waals surface area contributed by atoms with Crippen molar-refractivity contribution in [3.8, 4) is 0 Å². The number of carbonyl (C=O) groups is 5. The van der Waals surface area contributed by atoms with E-state index in [4.69, 9.17) is 16.2 Å². The third-order valence-electron chi connectivity index (χ3n) is 11.1. The molecule has 4 N–H and O–H groups in total. The summed E-state index contributed by atoms with van der Waals surface area (Å²) in [5.74, 6) is -2.34. The molecule has 0 fully saturated rings. The summed E-state index contributed by atoms with van der Waals surface area (Å²) in [5.41, 5.74) is 17.2. The van der Waals surface area contributed by atoms with Crippen molar-refractivity contribution < 1.29 is 28.7 Å². The fraction of sp³-hybridized carbons (Fsp3) is 0.419. The molecule has 5 amide bonds. The largest absolute Gasteiger partial charge is 0.368 e. The van der Waals surface area contributed by atoms with Gasteiger partial charge >= 0.3 is 0 Å². The van der Waals surface area contributed by atoms with Crippen LogP contribution in [0.5, 0.6) is 0 Å². The Bertz CT molecular complexity index is 2660. The first-order valence-corrected chi connectivity index (χ1v) is 20.7. The molecule has 0 saturated heterocycles. The first-order valence-electron chi connectivity index (χ1n) is 20.7. The van der Waals surface area contributed by atoms with Crippen LogP contribution in [0.1, 0.15) is 93.6 Å². The maximum absolute atomic E-state index is 13.8. The summed E-state index contributed by atoms with van der Waals surface area (Å²) < 4.78 is 16.9. The van der Waals surface area contributed by atoms with E-state index in [2.05, 4.69) is 20.2 Å². The fourth-order valence-electron chi connectivity index (χ4n) is 7.78. The summed E-state index contributed by atoms with van der Waals surface area (Å²) in [5, 5.41) is 8.85. The number of aryl methyl sites for hydroxylation is 8. The number of aromatic nitrogens is 8. The molecule has 62 heavy (non-hydrogen) atoms. The minimum Gasteiger partial charge on any atom is -0.368 e. The lowest BCUT2D eigenvalue weighted by atomic mass is 10.1. The molecule has 4 heterocycles. The molecule has 0 radical (unpaired) electrons. The number of rotatable bonds is 17. The zero-order valence-corrected chi connectivity index (χ0v) is 36.6. The second-order valence-corrected chi connectivity index (χ2v) is 15.0. The molecule has 6 rings (SSSR count). The normalized spacial score (nSPS) is 12.8. The van der Waals surface area contributed by atoms with Gasteiger partial charge in [0.15, 0.2) is 0 Å². The quantitative estimate of drug-likeness (QED) is 0.138. The lowest BCUT2D eigenvalue weighted by Gasteiger charge is -2.22. The van der Waals surface area contributed by atoms with E-state index >= 15 is 0 Å². The van der Waals surface area contributed by atoms with Crippen LogP contribution < -0.4 is 22.7 Å². The van der Waals surface area contributed by atoms with Gasteiger partial charge in [-0.25, -0.2) is 0 Å². The number of hydrogen-bond donors (Lipinski definition) is 2. The number of imidazole rings is 2. The number of nitrogens with zero attached hydrogens (tertiary/aromatic N) is 11. The van der Waals surface area contributed by atoms with Crippen molar-refractivity contribution in [1.29, 1.82) is 0 Å². The van der Waals surface area contributed by atoms with Gasteiger partial charge in [0, 0.05) is 64.5 Å². The Hall–Kier alpha value is -6.89. The maximum atomic E-state index is 13.8. The molecule has 0 bridgehead atoms. The van der Waals surface area contributed by atoms with Gasteiger partial charge in [-0.1, -0.05) is 0 Å². The Morgan fingerprint density at radius 2 is 1.08 bits per heavy atom. The summed E-state index contributed by atoms with van der Waals surface area (Å²) in [4.78, 5) is 76.3. The van der Waals surface area contributed by atoms with Crippen molar-refractivity contribution in [3.63, 3.8) is 0 Å². The van der Waals surface area contributed by atoms with E-state index in [-0.39, 0.29) is 25.6 Å². The Kier molecular flexibility index (Phi) is 13.5. The molecule has 4 aromatic heterocycles. The van der Waals surface area contributed by atoms with Crippen molar-refractivity contribution >= 4 is 51.6 Å². The summed E-state index contributed by atoms with van der Waals surface area (Å²) in [6, 6.07) is 13.5. The molecule has 0 atom stereocenters. The molecule has 328 valence electrons. The van der Waals surface area contributed by atoms with Crippen molar-refractivity contribution in [1.82, 2.24) is 42.7 Å². The number of hydrogen-bond acceptors (Lipinski definition) is 8. The van der Waals surface area contributed by atoms with Crippen LogP contribution in [-0.4, -0.2) is 98.1 Å². The lowest BCUT2D eigenvalue weighted by Crippen LogP contribution is -2.36. The summed E-state index contributed by atoms with van der Waals surface area (Å²) >= 11 is 0. The smallest absolute Gasteiger partial charge is 0.298 e. The van der Waals surface area contributed by atoms with Gasteiger partial charge in [-0.05, 0) is 103 Å². The van der Waals surface area contributed by atoms with Crippen LogP contribution in [0.4, 0.5) is 0 Å². The average molecular weight is 850 g/mol. The minimum atomic E-state index is -0.599. The third kappa shape index (κ3) is 9.07. The standard InChI is InChI=1S/C43H55N13O6/c1-9-52(10-2)37(57)25-62-30(17-19-53-31-15-13-28(38(44)58)23-33(31)50(7)42(53)46-40(60)35-21-26(5)48-55(35)11-3)18-20-54-32-16-14-29(39(45)59)24-34(32)51(8)43(54)47-41(61)36-22-27(6)49-56(36)12-4/h13-16,21-24,30H,9-12,17-20,25H2,1-8H3,(H2,44,58)(H2,45,59). The number of ether oxygens (including phenoxy) is 1. The van der Waals surface area contributed by atoms with E-state index in [1.807, 2.05) is 50.7 Å². The summed E-state index contributed by atoms with van der Waals surface area (Å²) in [6.07, 6.45) is 0.162. The number of nitrogens with two attached hydrogens (primary N) is 2. The number of benzene rings is 2. The van der Waals surface area contributed by atoms with Crippen LogP contribution in [0.3, 0.4) is 0 Å². The number of fused-ring (bicyclic) bond motifs is 2. The molecule has 0 aliphatic rings. The number of amides is 5. The van der Waals surface area contributed by atoms with Crippen molar-refractivity contribution in [2.24, 2.45) is 35.5 Å². The minimum absolute atomic E-state index is 0.165. The first-order chi connectivity index (χ1) is 29.6. The van der Waals surface area contributed by atoms with E-state index < -0.39 is 29.7 Å². The Morgan fingerprint density at radius 3 is 1.45 bits per heavy atom. The van der Waals surface area contributed by atoms with Gasteiger partial charge in [0.2, 0.25) is 29.0 Å². The molecule has 0 spiro atoms. The fourth-order valence-corrected chi connectivity index (χ4v) is 7.78. The number of carbonyl (C=O) groups excluding carboxylic acids is 5. The predicted octanol–water partition coefficient (Wildman–Crippen LogP) is 2.74. The van der Waals surface area contributed by atoms with E-state index in [1.54, 1.807) is 86.0 Å². The maximum Gasteiger partial charge on any atom is 0.298 e. The zero-order chi connectivity index (χ0) is 45.0. The van der Waals surface area contributed by atoms with Crippen LogP contribution in [0.25, 0.3) is 22.1 Å². The number of likely N-dealkylation sites (N-methyl/N-ethyl adjacent to an activating group) is 1. The van der Waals surface area contributed by atoms with E-state index in [0.29, 0.717) is 106 Å². The molecule has 0 aliphatic heterocycles. The molecule has 2 aromatic carbocycles. The Morgan fingerprint density at radius 1 is 0.661 bits per heavy atom. The highest BCUT2D eigenvalue weighted by atomic mass is 16.5. The Labute approximate surface area is 357 Å². The van der Waals surface area contributed by atoms with E-state index in [9.17, 15) is 24.0 Å². The van der Waals surface area contributed by atoms with Gasteiger partial charge < -0.3 is 39.4 Å². The summed E-state index contributed by atoms with van der Waals surface area (Å²) in [6.45, 7) is 13.6. The highest BCUT2D eigenvalue weighted by Crippen LogP contribution is 2.20. The highest BCUT2D eigenvalue weighted by Gasteiger charge is 2.22. The predicted molar refractivity (Wildman–Crippen MR) is 231 cm³/mol. The molecule has 0 saturated carbocycles. The third-order valence-corrected chi connectivity index (χ3v) is 11.1. The van der Waals surface area contributed by atoms with Gasteiger partial charge in [-0.2, -0.15) is 20.2 Å². The van der Waals surface area contributed by atoms with Crippen LogP contribution in [0.2, 0.25) is 0 Å². The lowest BCUT2D eigenvalue weighted by molar-refractivity contribution is -0.138. The van der Waals surface area contributed by atoms with Gasteiger partial charge in [-0.15, -0.1) is 0 Å². The van der Waals surface area contributed by atoms with Crippen molar-refractivity contribution in [2.75, 3.05) is 19.7 Å². The molecule has 19 heteroatoms. The zero-order valence-electron chi connectivity index (χ0n) is 36.6. The van der Waals surface area contributed by atoms with E-state index in [1.165, 1.54) is 0 Å². The van der Waals surface area contributed by atoms with Crippen molar-refractivity contribution in [2.45, 2.75) is 86.7 Å². The molecule has 0 unspecified atom stereocenters. The second-order valence-electron chi connectivity index (χ2n) is 15.0. The van der Waals surface area contributed by atoms with Gasteiger partial charge in [0.1, 0.15) is 18.0 Å². The van der Waals surface area contributed by atoms with Crippen molar-refractivity contribution in [3.05, 3.63) is 93.7 Å². The Balaban J connectivity index is 1.43.